The summed E-state index contributed by atoms with van der Waals surface area (Å²) >= 11 is 0. The quantitative estimate of drug-likeness (QED) is 0.246. The molecule has 156 valence electrons. The van der Waals surface area contributed by atoms with Crippen molar-refractivity contribution in [2.24, 2.45) is 0 Å². The average Bonchev–Trinajstić information content (AvgIpc) is 3.22. The highest BCUT2D eigenvalue weighted by molar-refractivity contribution is 5.89. The Kier molecular flexibility index (Phi) is 5.61. The van der Waals surface area contributed by atoms with Crippen molar-refractivity contribution in [1.82, 2.24) is 9.38 Å². The second kappa shape index (κ2) is 8.66. The first kappa shape index (κ1) is 20.1. The van der Waals surface area contributed by atoms with Crippen molar-refractivity contribution in [3.63, 3.8) is 0 Å². The van der Waals surface area contributed by atoms with Crippen LogP contribution in [-0.2, 0) is 11.3 Å². The summed E-state index contributed by atoms with van der Waals surface area (Å²) < 4.78 is 12.4. The fourth-order valence-electron chi connectivity index (χ4n) is 3.07. The van der Waals surface area contributed by atoms with Crippen molar-refractivity contribution in [2.45, 2.75) is 13.5 Å². The van der Waals surface area contributed by atoms with E-state index >= 15 is 0 Å². The summed E-state index contributed by atoms with van der Waals surface area (Å²) in [7, 11) is 0. The summed E-state index contributed by atoms with van der Waals surface area (Å²) in [5, 5.41) is 10.9. The van der Waals surface area contributed by atoms with Gasteiger partial charge in [0.05, 0.1) is 29.0 Å². The summed E-state index contributed by atoms with van der Waals surface area (Å²) in [5.74, 6) is 0.352. The van der Waals surface area contributed by atoms with Crippen LogP contribution in [0, 0.1) is 10.1 Å². The zero-order chi connectivity index (χ0) is 21.8. The first-order valence-electron chi connectivity index (χ1n) is 9.66. The van der Waals surface area contributed by atoms with Crippen LogP contribution in [-0.4, -0.2) is 26.9 Å². The second-order valence-corrected chi connectivity index (χ2v) is 6.77. The van der Waals surface area contributed by atoms with Crippen LogP contribution in [0.1, 0.15) is 22.8 Å². The number of fused-ring (bicyclic) bond motifs is 1. The molecule has 0 saturated carbocycles. The number of carbonyl (C=O) groups excluding carboxylic acids is 1. The van der Waals surface area contributed by atoms with Crippen molar-refractivity contribution < 1.29 is 19.2 Å². The summed E-state index contributed by atoms with van der Waals surface area (Å²) in [6, 6.07) is 17.6. The molecule has 0 bridgehead atoms. The molecule has 0 aliphatic heterocycles. The Balaban J connectivity index is 1.42. The van der Waals surface area contributed by atoms with E-state index in [-0.39, 0.29) is 11.7 Å². The van der Waals surface area contributed by atoms with Gasteiger partial charge in [-0.1, -0.05) is 12.1 Å². The zero-order valence-corrected chi connectivity index (χ0v) is 16.7. The molecule has 8 nitrogen and oxygen atoms in total. The molecule has 0 amide bonds. The molecule has 0 fully saturated rings. The molecule has 0 unspecified atom stereocenters. The maximum absolute atomic E-state index is 11.7. The van der Waals surface area contributed by atoms with E-state index in [0.29, 0.717) is 35.9 Å². The number of aromatic nitrogens is 2. The molecule has 4 rings (SSSR count). The van der Waals surface area contributed by atoms with Crippen LogP contribution in [0.25, 0.3) is 16.9 Å². The number of nitrogens with zero attached hydrogens (tertiary/aromatic N) is 3. The molecule has 2 aromatic heterocycles. The third kappa shape index (κ3) is 4.53. The molecule has 0 saturated heterocycles. The van der Waals surface area contributed by atoms with Gasteiger partial charge in [0.25, 0.3) is 5.69 Å². The van der Waals surface area contributed by atoms with Crippen LogP contribution in [0.4, 0.5) is 5.69 Å². The number of ether oxygens (including phenoxy) is 2. The van der Waals surface area contributed by atoms with E-state index < -0.39 is 4.92 Å². The Bertz CT molecular complexity index is 1230. The summed E-state index contributed by atoms with van der Waals surface area (Å²) in [6.07, 6.45) is 3.19. The van der Waals surface area contributed by atoms with Gasteiger partial charge in [0, 0.05) is 17.8 Å². The molecule has 0 radical (unpaired) electrons. The first-order valence-corrected chi connectivity index (χ1v) is 9.66. The van der Waals surface area contributed by atoms with Gasteiger partial charge in [-0.25, -0.2) is 9.78 Å². The van der Waals surface area contributed by atoms with Crippen molar-refractivity contribution >= 4 is 17.3 Å². The summed E-state index contributed by atoms with van der Waals surface area (Å²) in [6.45, 7) is 2.47. The van der Waals surface area contributed by atoms with E-state index in [1.807, 2.05) is 36.4 Å². The maximum atomic E-state index is 11.7. The van der Waals surface area contributed by atoms with Gasteiger partial charge in [0.1, 0.15) is 18.0 Å². The molecule has 2 aromatic carbocycles. The van der Waals surface area contributed by atoms with Gasteiger partial charge in [-0.2, -0.15) is 0 Å². The molecular formula is C23H19N3O5. The molecule has 4 aromatic rings. The topological polar surface area (TPSA) is 96.0 Å². The predicted molar refractivity (Wildman–Crippen MR) is 114 cm³/mol. The molecular weight excluding hydrogens is 398 g/mol. The fourth-order valence-corrected chi connectivity index (χ4v) is 3.07. The minimum absolute atomic E-state index is 0.00971. The lowest BCUT2D eigenvalue weighted by Gasteiger charge is -2.08. The number of carbonyl (C=O) groups is 1. The lowest BCUT2D eigenvalue weighted by atomic mass is 10.1. The van der Waals surface area contributed by atoms with Crippen LogP contribution in [0.5, 0.6) is 5.75 Å². The number of imidazole rings is 1. The molecule has 0 atom stereocenters. The molecule has 0 aliphatic rings. The van der Waals surface area contributed by atoms with Crippen molar-refractivity contribution in [3.8, 4) is 17.0 Å². The van der Waals surface area contributed by atoms with Crippen molar-refractivity contribution in [2.75, 3.05) is 6.61 Å². The third-order valence-corrected chi connectivity index (χ3v) is 4.67. The standard InChI is InChI=1S/C23H19N3O5/c1-2-30-23(27)18-5-3-16(4-6-18)15-31-20-10-7-17(8-11-20)21-14-25-13-19(26(28)29)9-12-22(25)24-21/h3-14H,2,15H2,1H3. The SMILES string of the molecule is CCOC(=O)c1ccc(COc2ccc(-c3cn4cc([N+](=O)[O-])ccc4n3)cc2)cc1. The highest BCUT2D eigenvalue weighted by Crippen LogP contribution is 2.24. The van der Waals surface area contributed by atoms with E-state index in [1.54, 1.807) is 35.7 Å². The Hall–Kier alpha value is -4.20. The largest absolute Gasteiger partial charge is 0.489 e. The van der Waals surface area contributed by atoms with Gasteiger partial charge < -0.3 is 9.47 Å². The third-order valence-electron chi connectivity index (χ3n) is 4.67. The van der Waals surface area contributed by atoms with Crippen molar-refractivity contribution in [1.29, 1.82) is 0 Å². The van der Waals surface area contributed by atoms with Crippen LogP contribution in [0.2, 0.25) is 0 Å². The molecule has 0 spiro atoms. The molecule has 8 heteroatoms. The zero-order valence-electron chi connectivity index (χ0n) is 16.7. The molecule has 2 heterocycles. The number of hydrogen-bond acceptors (Lipinski definition) is 6. The number of hydrogen-bond donors (Lipinski definition) is 0. The Morgan fingerprint density at radius 3 is 2.45 bits per heavy atom. The smallest absolute Gasteiger partial charge is 0.338 e. The van der Waals surface area contributed by atoms with Gasteiger partial charge in [0.2, 0.25) is 0 Å². The van der Waals surface area contributed by atoms with Crippen LogP contribution >= 0.6 is 0 Å². The Morgan fingerprint density at radius 1 is 1.03 bits per heavy atom. The van der Waals surface area contributed by atoms with E-state index in [0.717, 1.165) is 11.1 Å². The number of pyridine rings is 1. The monoisotopic (exact) mass is 417 g/mol. The highest BCUT2D eigenvalue weighted by atomic mass is 16.6. The van der Waals surface area contributed by atoms with Gasteiger partial charge in [0.15, 0.2) is 0 Å². The normalized spacial score (nSPS) is 10.7. The Morgan fingerprint density at radius 2 is 1.77 bits per heavy atom. The van der Waals surface area contributed by atoms with Gasteiger partial charge in [-0.15, -0.1) is 0 Å². The van der Waals surface area contributed by atoms with Gasteiger partial charge >= 0.3 is 5.97 Å². The predicted octanol–water partition coefficient (Wildman–Crippen LogP) is 4.67. The molecule has 0 N–H and O–H groups in total. The minimum atomic E-state index is -0.435. The number of rotatable bonds is 7. The minimum Gasteiger partial charge on any atom is -0.489 e. The summed E-state index contributed by atoms with van der Waals surface area (Å²) in [4.78, 5) is 26.7. The molecule has 31 heavy (non-hydrogen) atoms. The van der Waals surface area contributed by atoms with Crippen LogP contribution in [0.3, 0.4) is 0 Å². The first-order chi connectivity index (χ1) is 15.0. The number of nitro groups is 1. The fraction of sp³-hybridized carbons (Fsp3) is 0.130. The highest BCUT2D eigenvalue weighted by Gasteiger charge is 2.10. The van der Waals surface area contributed by atoms with Crippen LogP contribution < -0.4 is 4.74 Å². The number of benzene rings is 2. The molecule has 0 aliphatic carbocycles. The maximum Gasteiger partial charge on any atom is 0.338 e. The second-order valence-electron chi connectivity index (χ2n) is 6.77. The van der Waals surface area contributed by atoms with Crippen molar-refractivity contribution in [3.05, 3.63) is 94.3 Å². The lowest BCUT2D eigenvalue weighted by molar-refractivity contribution is -0.385. The Labute approximate surface area is 177 Å². The average molecular weight is 417 g/mol. The van der Waals surface area contributed by atoms with Crippen LogP contribution in [0.15, 0.2) is 73.1 Å². The van der Waals surface area contributed by atoms with Gasteiger partial charge in [-0.05, 0) is 55.0 Å². The van der Waals surface area contributed by atoms with Gasteiger partial charge in [-0.3, -0.25) is 14.5 Å². The summed E-state index contributed by atoms with van der Waals surface area (Å²) in [5.41, 5.74) is 3.66. The van der Waals surface area contributed by atoms with E-state index in [1.165, 1.54) is 12.3 Å². The van der Waals surface area contributed by atoms with E-state index in [2.05, 4.69) is 4.98 Å². The lowest BCUT2D eigenvalue weighted by Crippen LogP contribution is -2.04. The van der Waals surface area contributed by atoms with E-state index in [4.69, 9.17) is 9.47 Å². The van der Waals surface area contributed by atoms with E-state index in [9.17, 15) is 14.9 Å². The number of esters is 1.